The highest BCUT2D eigenvalue weighted by atomic mass is 79.9. The van der Waals surface area contributed by atoms with Gasteiger partial charge in [-0.15, -0.1) is 0 Å². The maximum Gasteiger partial charge on any atom is 0.119 e. The van der Waals surface area contributed by atoms with Crippen LogP contribution in [0.4, 0.5) is 0 Å². The van der Waals surface area contributed by atoms with Gasteiger partial charge in [0.25, 0.3) is 0 Å². The molecule has 4 heteroatoms. The Morgan fingerprint density at radius 2 is 2.00 bits per heavy atom. The first-order chi connectivity index (χ1) is 9.82. The smallest absolute Gasteiger partial charge is 0.119 e. The van der Waals surface area contributed by atoms with Crippen LogP contribution < -0.4 is 10.1 Å². The number of rotatable bonds is 8. The molecular formula is C17H29BrN2O. The topological polar surface area (TPSA) is 24.5 Å². The van der Waals surface area contributed by atoms with Crippen LogP contribution in [-0.2, 0) is 6.42 Å². The SMILES string of the molecule is CCCNC(Cc1cc(OC)ccc1Br)C(C)(C)N(C)C. The lowest BCUT2D eigenvalue weighted by molar-refractivity contribution is 0.137. The third-order valence-corrected chi connectivity index (χ3v) is 5.10. The van der Waals surface area contributed by atoms with Crippen LogP contribution in [0.5, 0.6) is 5.75 Å². The molecule has 1 N–H and O–H groups in total. The number of hydrogen-bond acceptors (Lipinski definition) is 3. The van der Waals surface area contributed by atoms with E-state index in [0.717, 1.165) is 29.6 Å². The lowest BCUT2D eigenvalue weighted by Crippen LogP contribution is -2.56. The Balaban J connectivity index is 3.00. The molecule has 0 aromatic heterocycles. The van der Waals surface area contributed by atoms with Gasteiger partial charge in [-0.25, -0.2) is 0 Å². The number of nitrogens with one attached hydrogen (secondary N) is 1. The van der Waals surface area contributed by atoms with Crippen molar-refractivity contribution in [3.05, 3.63) is 28.2 Å². The molecule has 0 bridgehead atoms. The van der Waals surface area contributed by atoms with E-state index in [-0.39, 0.29) is 5.54 Å². The number of hydrogen-bond donors (Lipinski definition) is 1. The summed E-state index contributed by atoms with van der Waals surface area (Å²) in [6, 6.07) is 6.54. The van der Waals surface area contributed by atoms with Crippen LogP contribution in [0.25, 0.3) is 0 Å². The third-order valence-electron chi connectivity index (χ3n) is 4.32. The van der Waals surface area contributed by atoms with Crippen molar-refractivity contribution in [1.29, 1.82) is 0 Å². The second kappa shape index (κ2) is 8.16. The number of ether oxygens (including phenoxy) is 1. The van der Waals surface area contributed by atoms with Crippen LogP contribution in [0.2, 0.25) is 0 Å². The fourth-order valence-electron chi connectivity index (χ4n) is 2.26. The molecule has 3 nitrogen and oxygen atoms in total. The summed E-state index contributed by atoms with van der Waals surface area (Å²) in [5.74, 6) is 0.908. The van der Waals surface area contributed by atoms with Crippen molar-refractivity contribution in [3.63, 3.8) is 0 Å². The third kappa shape index (κ3) is 4.97. The predicted octanol–water partition coefficient (Wildman–Crippen LogP) is 3.71. The number of likely N-dealkylation sites (N-methyl/N-ethyl adjacent to an activating group) is 1. The number of methoxy groups -OCH3 is 1. The van der Waals surface area contributed by atoms with Crippen LogP contribution in [0, 0.1) is 0 Å². The molecule has 0 saturated carbocycles. The lowest BCUT2D eigenvalue weighted by Gasteiger charge is -2.41. The molecule has 0 aliphatic carbocycles. The minimum absolute atomic E-state index is 0.0671. The zero-order valence-corrected chi connectivity index (χ0v) is 15.8. The summed E-state index contributed by atoms with van der Waals surface area (Å²) in [6.07, 6.45) is 2.10. The van der Waals surface area contributed by atoms with Gasteiger partial charge in [-0.05, 0) is 71.1 Å². The van der Waals surface area contributed by atoms with Crippen molar-refractivity contribution in [3.8, 4) is 5.75 Å². The average molecular weight is 357 g/mol. The Kier molecular flexibility index (Phi) is 7.17. The summed E-state index contributed by atoms with van der Waals surface area (Å²) < 4.78 is 6.49. The molecular weight excluding hydrogens is 328 g/mol. The molecule has 21 heavy (non-hydrogen) atoms. The first-order valence-electron chi connectivity index (χ1n) is 7.56. The Bertz CT molecular complexity index is 446. The van der Waals surface area contributed by atoms with Gasteiger partial charge in [-0.2, -0.15) is 0 Å². The van der Waals surface area contributed by atoms with Crippen molar-refractivity contribution < 1.29 is 4.74 Å². The summed E-state index contributed by atoms with van der Waals surface area (Å²) in [5, 5.41) is 3.70. The molecule has 1 rings (SSSR count). The van der Waals surface area contributed by atoms with Crippen molar-refractivity contribution in [1.82, 2.24) is 10.2 Å². The quantitative estimate of drug-likeness (QED) is 0.768. The van der Waals surface area contributed by atoms with E-state index in [9.17, 15) is 0 Å². The Labute approximate surface area is 138 Å². The van der Waals surface area contributed by atoms with Crippen LogP contribution in [0.15, 0.2) is 22.7 Å². The highest BCUT2D eigenvalue weighted by molar-refractivity contribution is 9.10. The molecule has 0 fully saturated rings. The monoisotopic (exact) mass is 356 g/mol. The Morgan fingerprint density at radius 1 is 1.33 bits per heavy atom. The highest BCUT2D eigenvalue weighted by Gasteiger charge is 2.31. The minimum atomic E-state index is 0.0671. The van der Waals surface area contributed by atoms with Gasteiger partial charge in [0.05, 0.1) is 7.11 Å². The number of halogens is 1. The van der Waals surface area contributed by atoms with Gasteiger partial charge in [0, 0.05) is 16.1 Å². The van der Waals surface area contributed by atoms with Crippen LogP contribution >= 0.6 is 15.9 Å². The highest BCUT2D eigenvalue weighted by Crippen LogP contribution is 2.27. The van der Waals surface area contributed by atoms with E-state index >= 15 is 0 Å². The van der Waals surface area contributed by atoms with E-state index in [4.69, 9.17) is 4.74 Å². The first-order valence-corrected chi connectivity index (χ1v) is 8.35. The standard InChI is InChI=1S/C17H29BrN2O/c1-7-10-19-16(17(2,3)20(4)5)12-13-11-14(21-6)8-9-15(13)18/h8-9,11,16,19H,7,10,12H2,1-6H3. The maximum absolute atomic E-state index is 5.35. The molecule has 0 amide bonds. The fourth-order valence-corrected chi connectivity index (χ4v) is 2.66. The van der Waals surface area contributed by atoms with E-state index in [1.807, 2.05) is 6.07 Å². The summed E-state index contributed by atoms with van der Waals surface area (Å²) >= 11 is 3.66. The normalized spacial score (nSPS) is 13.5. The van der Waals surface area contributed by atoms with Gasteiger partial charge < -0.3 is 15.0 Å². The van der Waals surface area contributed by atoms with E-state index in [1.165, 1.54) is 5.56 Å². The molecule has 0 heterocycles. The first kappa shape index (κ1) is 18.5. The van der Waals surface area contributed by atoms with Gasteiger partial charge in [0.2, 0.25) is 0 Å². The van der Waals surface area contributed by atoms with Crippen LogP contribution in [-0.4, -0.2) is 44.2 Å². The van der Waals surface area contributed by atoms with Gasteiger partial charge >= 0.3 is 0 Å². The predicted molar refractivity (Wildman–Crippen MR) is 94.2 cm³/mol. The molecule has 0 spiro atoms. The lowest BCUT2D eigenvalue weighted by atomic mass is 9.88. The van der Waals surface area contributed by atoms with Crippen molar-refractivity contribution in [2.45, 2.75) is 45.2 Å². The summed E-state index contributed by atoms with van der Waals surface area (Å²) in [6.45, 7) is 7.81. The Morgan fingerprint density at radius 3 is 2.52 bits per heavy atom. The van der Waals surface area contributed by atoms with Crippen molar-refractivity contribution in [2.75, 3.05) is 27.7 Å². The largest absolute Gasteiger partial charge is 0.497 e. The summed E-state index contributed by atoms with van der Waals surface area (Å²) in [4.78, 5) is 2.29. The van der Waals surface area contributed by atoms with Gasteiger partial charge in [0.1, 0.15) is 5.75 Å². The zero-order valence-electron chi connectivity index (χ0n) is 14.2. The second-order valence-corrected chi connectivity index (χ2v) is 7.07. The Hall–Kier alpha value is -0.580. The number of benzene rings is 1. The molecule has 120 valence electrons. The van der Waals surface area contributed by atoms with Crippen molar-refractivity contribution >= 4 is 15.9 Å². The molecule has 1 aromatic rings. The molecule has 1 atom stereocenters. The second-order valence-electron chi connectivity index (χ2n) is 6.22. The minimum Gasteiger partial charge on any atom is -0.497 e. The molecule has 0 aliphatic rings. The van der Waals surface area contributed by atoms with Crippen LogP contribution in [0.1, 0.15) is 32.8 Å². The van der Waals surface area contributed by atoms with Gasteiger partial charge in [0.15, 0.2) is 0 Å². The van der Waals surface area contributed by atoms with E-state index < -0.39 is 0 Å². The van der Waals surface area contributed by atoms with Gasteiger partial charge in [-0.1, -0.05) is 22.9 Å². The zero-order chi connectivity index (χ0) is 16.0. The van der Waals surface area contributed by atoms with E-state index in [2.05, 4.69) is 73.1 Å². The molecule has 0 saturated heterocycles. The number of nitrogens with zero attached hydrogens (tertiary/aromatic N) is 1. The van der Waals surface area contributed by atoms with Gasteiger partial charge in [-0.3, -0.25) is 0 Å². The van der Waals surface area contributed by atoms with E-state index in [0.29, 0.717) is 6.04 Å². The molecule has 0 radical (unpaired) electrons. The maximum atomic E-state index is 5.35. The fraction of sp³-hybridized carbons (Fsp3) is 0.647. The summed E-state index contributed by atoms with van der Waals surface area (Å²) in [7, 11) is 5.99. The summed E-state index contributed by atoms with van der Waals surface area (Å²) in [5.41, 5.74) is 1.34. The molecule has 0 aliphatic heterocycles. The molecule has 1 unspecified atom stereocenters. The van der Waals surface area contributed by atoms with E-state index in [1.54, 1.807) is 7.11 Å². The molecule has 1 aromatic carbocycles. The average Bonchev–Trinajstić information content (AvgIpc) is 2.44. The van der Waals surface area contributed by atoms with Crippen molar-refractivity contribution in [2.24, 2.45) is 0 Å². The van der Waals surface area contributed by atoms with Crippen LogP contribution in [0.3, 0.4) is 0 Å².